The Morgan fingerprint density at radius 2 is 2.25 bits per heavy atom. The molecule has 0 aromatic rings. The molecule has 0 saturated carbocycles. The molecule has 44 valence electrons. The van der Waals surface area contributed by atoms with Gasteiger partial charge in [0.05, 0.1) is 0 Å². The molecule has 0 fully saturated rings. The summed E-state index contributed by atoms with van der Waals surface area (Å²) in [5.41, 5.74) is 0. The average molecular weight is 172 g/mol. The van der Waals surface area contributed by atoms with E-state index in [4.69, 9.17) is 0 Å². The Balaban J connectivity index is 2.64. The molecule has 1 aliphatic rings. The van der Waals surface area contributed by atoms with E-state index in [1.165, 1.54) is 4.36 Å². The first-order valence-corrected chi connectivity index (χ1v) is 3.99. The molecule has 0 bridgehead atoms. The Morgan fingerprint density at radius 1 is 1.50 bits per heavy atom. The van der Waals surface area contributed by atoms with Gasteiger partial charge in [-0.1, -0.05) is 0 Å². The first kappa shape index (κ1) is 6.09. The summed E-state index contributed by atoms with van der Waals surface area (Å²) in [4.78, 5) is 10.6. The van der Waals surface area contributed by atoms with E-state index >= 15 is 0 Å². The normalized spacial score (nSPS) is 20.6. The van der Waals surface area contributed by atoms with Crippen LogP contribution in [0.1, 0.15) is 19.3 Å². The molecule has 2 heteroatoms. The summed E-state index contributed by atoms with van der Waals surface area (Å²) in [5.74, 6) is 0.315. The second kappa shape index (κ2) is 2.50. The van der Waals surface area contributed by atoms with Crippen molar-refractivity contribution in [3.05, 3.63) is 10.4 Å². The van der Waals surface area contributed by atoms with Crippen molar-refractivity contribution in [1.82, 2.24) is 0 Å². The van der Waals surface area contributed by atoms with Gasteiger partial charge in [0.1, 0.15) is 0 Å². The summed E-state index contributed by atoms with van der Waals surface area (Å²) >= 11 is 1.59. The topological polar surface area (TPSA) is 17.1 Å². The van der Waals surface area contributed by atoms with Crippen LogP contribution in [-0.4, -0.2) is 22.6 Å². The molecule has 0 aliphatic heterocycles. The monoisotopic (exact) mass is 172 g/mol. The molecule has 8 heavy (non-hydrogen) atoms. The SMILES string of the molecule is O=C1C=C([AsH2])CCC1. The van der Waals surface area contributed by atoms with Crippen molar-refractivity contribution in [3.8, 4) is 0 Å². The molecule has 1 rings (SSSR count). The molecule has 0 radical (unpaired) electrons. The van der Waals surface area contributed by atoms with E-state index < -0.39 is 0 Å². The van der Waals surface area contributed by atoms with E-state index in [-0.39, 0.29) is 0 Å². The van der Waals surface area contributed by atoms with Crippen LogP contribution < -0.4 is 0 Å². The van der Waals surface area contributed by atoms with E-state index in [1.807, 2.05) is 0 Å². The van der Waals surface area contributed by atoms with Gasteiger partial charge in [0.25, 0.3) is 0 Å². The number of hydrogen-bond donors (Lipinski definition) is 0. The predicted octanol–water partition coefficient (Wildman–Crippen LogP) is 0.256. The number of carbonyl (C=O) groups is 1. The van der Waals surface area contributed by atoms with Crippen molar-refractivity contribution in [2.45, 2.75) is 19.3 Å². The summed E-state index contributed by atoms with van der Waals surface area (Å²) < 4.78 is 1.30. The molecule has 0 aromatic heterocycles. The van der Waals surface area contributed by atoms with Crippen LogP contribution in [0, 0.1) is 0 Å². The van der Waals surface area contributed by atoms with E-state index in [2.05, 4.69) is 0 Å². The van der Waals surface area contributed by atoms with Crippen LogP contribution in [0.15, 0.2) is 10.4 Å². The van der Waals surface area contributed by atoms with Gasteiger partial charge in [0, 0.05) is 0 Å². The van der Waals surface area contributed by atoms with Gasteiger partial charge < -0.3 is 0 Å². The third kappa shape index (κ3) is 1.48. The zero-order valence-corrected chi connectivity index (χ0v) is 7.11. The summed E-state index contributed by atoms with van der Waals surface area (Å²) in [6, 6.07) is 0. The summed E-state index contributed by atoms with van der Waals surface area (Å²) in [6.07, 6.45) is 4.77. The molecule has 0 saturated heterocycles. The van der Waals surface area contributed by atoms with Crippen LogP contribution in [0.4, 0.5) is 0 Å². The van der Waals surface area contributed by atoms with Gasteiger partial charge in [-0.25, -0.2) is 0 Å². The Morgan fingerprint density at radius 3 is 2.62 bits per heavy atom. The molecule has 1 nitrogen and oxygen atoms in total. The van der Waals surface area contributed by atoms with Crippen molar-refractivity contribution in [1.29, 1.82) is 0 Å². The van der Waals surface area contributed by atoms with Gasteiger partial charge in [-0.2, -0.15) is 0 Å². The van der Waals surface area contributed by atoms with Gasteiger partial charge >= 0.3 is 57.1 Å². The molecule has 0 amide bonds. The Labute approximate surface area is 57.7 Å². The third-order valence-electron chi connectivity index (χ3n) is 1.24. The van der Waals surface area contributed by atoms with E-state index in [0.717, 1.165) is 19.3 Å². The van der Waals surface area contributed by atoms with Gasteiger partial charge in [-0.05, 0) is 0 Å². The maximum atomic E-state index is 10.6. The van der Waals surface area contributed by atoms with E-state index in [0.29, 0.717) is 5.78 Å². The van der Waals surface area contributed by atoms with Crippen molar-refractivity contribution in [2.24, 2.45) is 0 Å². The Hall–Kier alpha value is -0.0316. The van der Waals surface area contributed by atoms with Crippen molar-refractivity contribution in [3.63, 3.8) is 0 Å². The number of hydrogen-bond acceptors (Lipinski definition) is 1. The first-order chi connectivity index (χ1) is 3.79. The summed E-state index contributed by atoms with van der Waals surface area (Å²) in [5, 5.41) is 0. The quantitative estimate of drug-likeness (QED) is 0.479. The van der Waals surface area contributed by atoms with Crippen LogP contribution >= 0.6 is 0 Å². The maximum absolute atomic E-state index is 10.6. The fourth-order valence-electron chi connectivity index (χ4n) is 0.818. The van der Waals surface area contributed by atoms with Crippen molar-refractivity contribution < 1.29 is 4.79 Å². The molecule has 1 unspecified atom stereocenters. The van der Waals surface area contributed by atoms with Crippen LogP contribution in [0.2, 0.25) is 0 Å². The summed E-state index contributed by atoms with van der Waals surface area (Å²) in [6.45, 7) is 0. The predicted molar refractivity (Wildman–Crippen MR) is 35.5 cm³/mol. The second-order valence-electron chi connectivity index (χ2n) is 2.04. The van der Waals surface area contributed by atoms with Gasteiger partial charge in [0.2, 0.25) is 0 Å². The molecule has 0 spiro atoms. The number of allylic oxidation sites excluding steroid dienone is 2. The molecule has 1 atom stereocenters. The average Bonchev–Trinajstić information content (AvgIpc) is 1.64. The van der Waals surface area contributed by atoms with E-state index in [1.54, 1.807) is 22.9 Å². The van der Waals surface area contributed by atoms with Crippen LogP contribution in [0.3, 0.4) is 0 Å². The zero-order chi connectivity index (χ0) is 5.98. The van der Waals surface area contributed by atoms with Crippen molar-refractivity contribution in [2.75, 3.05) is 0 Å². The van der Waals surface area contributed by atoms with Gasteiger partial charge in [0.15, 0.2) is 0 Å². The van der Waals surface area contributed by atoms with Crippen molar-refractivity contribution >= 4 is 22.6 Å². The minimum atomic E-state index is 0.315. The molecule has 0 heterocycles. The standard InChI is InChI=1S/C6H9AsO/c7-5-2-1-3-6(8)4-5/h4H,1-3,7H2. The van der Waals surface area contributed by atoms with Crippen LogP contribution in [0.5, 0.6) is 0 Å². The summed E-state index contributed by atoms with van der Waals surface area (Å²) in [7, 11) is 0. The molecule has 1 aliphatic carbocycles. The molecule has 0 N–H and O–H groups in total. The zero-order valence-electron chi connectivity index (χ0n) is 4.68. The van der Waals surface area contributed by atoms with E-state index in [9.17, 15) is 4.79 Å². The minimum absolute atomic E-state index is 0.315. The molecular weight excluding hydrogens is 163 g/mol. The fourth-order valence-corrected chi connectivity index (χ4v) is 1.64. The number of carbonyl (C=O) groups excluding carboxylic acids is 1. The third-order valence-corrected chi connectivity index (χ3v) is 2.19. The number of rotatable bonds is 0. The second-order valence-corrected chi connectivity index (χ2v) is 3.60. The van der Waals surface area contributed by atoms with Gasteiger partial charge in [-0.3, -0.25) is 0 Å². The van der Waals surface area contributed by atoms with Gasteiger partial charge in [-0.15, -0.1) is 0 Å². The molecule has 0 aromatic carbocycles. The first-order valence-electron chi connectivity index (χ1n) is 2.78. The molecular formula is C6H9AsO. The van der Waals surface area contributed by atoms with Crippen LogP contribution in [-0.2, 0) is 4.79 Å². The van der Waals surface area contributed by atoms with Crippen LogP contribution in [0.25, 0.3) is 0 Å². The Bertz CT molecular complexity index is 137. The fraction of sp³-hybridized carbons (Fsp3) is 0.500. The Kier molecular flexibility index (Phi) is 1.90. The number of ketones is 1.